The number of pyridine rings is 1. The zero-order valence-corrected chi connectivity index (χ0v) is 12.4. The summed E-state index contributed by atoms with van der Waals surface area (Å²) < 4.78 is 0. The molecule has 19 heavy (non-hydrogen) atoms. The van der Waals surface area contributed by atoms with Crippen LogP contribution in [0, 0.1) is 0 Å². The number of carbonyl (C=O) groups is 1. The summed E-state index contributed by atoms with van der Waals surface area (Å²) >= 11 is 13.2. The van der Waals surface area contributed by atoms with E-state index in [1.165, 1.54) is 11.3 Å². The van der Waals surface area contributed by atoms with Crippen molar-refractivity contribution in [3.8, 4) is 0 Å². The van der Waals surface area contributed by atoms with Crippen LogP contribution in [0.5, 0.6) is 0 Å². The predicted molar refractivity (Wildman–Crippen MR) is 76.9 cm³/mol. The molecule has 0 spiro atoms. The molecule has 0 saturated carbocycles. The van der Waals surface area contributed by atoms with Crippen LogP contribution in [0.1, 0.15) is 34.9 Å². The highest BCUT2D eigenvalue weighted by Crippen LogP contribution is 2.21. The molecule has 2 rings (SSSR count). The highest BCUT2D eigenvalue weighted by Gasteiger charge is 2.19. The molecule has 0 aromatic carbocycles. The number of halogens is 2. The largest absolute Gasteiger partial charge is 0.341 e. The summed E-state index contributed by atoms with van der Waals surface area (Å²) in [6.07, 6.45) is 2.44. The number of carbonyl (C=O) groups excluding carboxylic acids is 1. The first-order valence-electron chi connectivity index (χ1n) is 5.64. The van der Waals surface area contributed by atoms with E-state index < -0.39 is 0 Å². The lowest BCUT2D eigenvalue weighted by atomic mass is 10.2. The molecule has 0 fully saturated rings. The molecule has 0 bridgehead atoms. The number of amides is 1. The van der Waals surface area contributed by atoms with Gasteiger partial charge in [-0.1, -0.05) is 30.1 Å². The zero-order valence-electron chi connectivity index (χ0n) is 10.1. The minimum absolute atomic E-state index is 0.129. The molecule has 2 aromatic heterocycles. The van der Waals surface area contributed by atoms with Crippen molar-refractivity contribution in [2.75, 3.05) is 0 Å². The van der Waals surface area contributed by atoms with Gasteiger partial charge in [0.15, 0.2) is 0 Å². The Balaban J connectivity index is 2.18. The van der Waals surface area contributed by atoms with E-state index in [4.69, 9.17) is 23.2 Å². The van der Waals surface area contributed by atoms with Gasteiger partial charge in [0.05, 0.1) is 11.1 Å². The van der Waals surface area contributed by atoms with E-state index in [0.29, 0.717) is 0 Å². The molecule has 0 aliphatic carbocycles. The van der Waals surface area contributed by atoms with Crippen LogP contribution in [-0.2, 0) is 0 Å². The van der Waals surface area contributed by atoms with E-state index in [2.05, 4.69) is 15.3 Å². The molecule has 0 aliphatic rings. The molecule has 7 heteroatoms. The molecule has 4 nitrogen and oxygen atoms in total. The Hall–Kier alpha value is -1.17. The van der Waals surface area contributed by atoms with Gasteiger partial charge in [0.2, 0.25) is 0 Å². The quantitative estimate of drug-likeness (QED) is 0.875. The van der Waals surface area contributed by atoms with Crippen molar-refractivity contribution >= 4 is 40.4 Å². The summed E-state index contributed by atoms with van der Waals surface area (Å²) in [5, 5.41) is 6.09. The van der Waals surface area contributed by atoms with Gasteiger partial charge in [-0.25, -0.2) is 9.97 Å². The minimum Gasteiger partial charge on any atom is -0.341 e. The fourth-order valence-electron chi connectivity index (χ4n) is 1.55. The van der Waals surface area contributed by atoms with Crippen molar-refractivity contribution in [1.82, 2.24) is 15.3 Å². The monoisotopic (exact) mass is 315 g/mol. The van der Waals surface area contributed by atoms with E-state index >= 15 is 0 Å². The summed E-state index contributed by atoms with van der Waals surface area (Å²) in [6.45, 7) is 1.97. The first-order chi connectivity index (χ1) is 9.11. The Morgan fingerprint density at radius 1 is 1.47 bits per heavy atom. The standard InChI is InChI=1S/C12H11Cl2N3OS/c1-2-8(12-15-5-6-19-12)16-11(18)10-7(13)3-4-9(14)17-10/h3-6,8H,2H2,1H3,(H,16,18). The van der Waals surface area contributed by atoms with E-state index in [1.54, 1.807) is 18.3 Å². The van der Waals surface area contributed by atoms with Crippen molar-refractivity contribution < 1.29 is 4.79 Å². The number of rotatable bonds is 4. The second kappa shape index (κ2) is 6.32. The van der Waals surface area contributed by atoms with Crippen LogP contribution in [-0.4, -0.2) is 15.9 Å². The number of nitrogens with one attached hydrogen (secondary N) is 1. The van der Waals surface area contributed by atoms with Gasteiger partial charge in [0, 0.05) is 11.6 Å². The van der Waals surface area contributed by atoms with Crippen molar-refractivity contribution in [3.63, 3.8) is 0 Å². The van der Waals surface area contributed by atoms with Crippen LogP contribution in [0.4, 0.5) is 0 Å². The highest BCUT2D eigenvalue weighted by molar-refractivity contribution is 7.09. The van der Waals surface area contributed by atoms with E-state index in [0.717, 1.165) is 11.4 Å². The molecule has 2 aromatic rings. The predicted octanol–water partition coefficient (Wildman–Crippen LogP) is 3.73. The van der Waals surface area contributed by atoms with Gasteiger partial charge in [0.1, 0.15) is 15.9 Å². The van der Waals surface area contributed by atoms with Crippen LogP contribution in [0.2, 0.25) is 10.2 Å². The third-order valence-electron chi connectivity index (χ3n) is 2.49. The molecular weight excluding hydrogens is 305 g/mol. The van der Waals surface area contributed by atoms with Crippen LogP contribution in [0.15, 0.2) is 23.7 Å². The van der Waals surface area contributed by atoms with Gasteiger partial charge in [-0.2, -0.15) is 0 Å². The lowest BCUT2D eigenvalue weighted by molar-refractivity contribution is 0.0930. The molecule has 1 amide bonds. The molecule has 0 saturated heterocycles. The van der Waals surface area contributed by atoms with E-state index in [9.17, 15) is 4.79 Å². The van der Waals surface area contributed by atoms with E-state index in [-0.39, 0.29) is 27.8 Å². The Labute approximate surface area is 124 Å². The average molecular weight is 316 g/mol. The van der Waals surface area contributed by atoms with Crippen molar-refractivity contribution in [2.45, 2.75) is 19.4 Å². The van der Waals surface area contributed by atoms with Crippen molar-refractivity contribution in [3.05, 3.63) is 44.6 Å². The fraction of sp³-hybridized carbons (Fsp3) is 0.250. The number of hydrogen-bond acceptors (Lipinski definition) is 4. The first-order valence-corrected chi connectivity index (χ1v) is 7.27. The maximum absolute atomic E-state index is 12.1. The Morgan fingerprint density at radius 2 is 2.26 bits per heavy atom. The number of thiazole rings is 1. The number of nitrogens with zero attached hydrogens (tertiary/aromatic N) is 2. The van der Waals surface area contributed by atoms with Crippen molar-refractivity contribution in [1.29, 1.82) is 0 Å². The van der Waals surface area contributed by atoms with Crippen molar-refractivity contribution in [2.24, 2.45) is 0 Å². The molecule has 0 aliphatic heterocycles. The summed E-state index contributed by atoms with van der Waals surface area (Å²) in [5.74, 6) is -0.352. The molecule has 1 unspecified atom stereocenters. The molecule has 1 N–H and O–H groups in total. The Morgan fingerprint density at radius 3 is 2.89 bits per heavy atom. The normalized spacial score (nSPS) is 12.2. The summed E-state index contributed by atoms with van der Waals surface area (Å²) in [4.78, 5) is 20.3. The van der Waals surface area contributed by atoms with Crippen LogP contribution in [0.25, 0.3) is 0 Å². The smallest absolute Gasteiger partial charge is 0.272 e. The topological polar surface area (TPSA) is 54.9 Å². The molecular formula is C12H11Cl2N3OS. The van der Waals surface area contributed by atoms with Gasteiger partial charge in [-0.05, 0) is 18.6 Å². The Bertz CT molecular complexity index is 574. The van der Waals surface area contributed by atoms with Crippen LogP contribution < -0.4 is 5.32 Å². The average Bonchev–Trinajstić information content (AvgIpc) is 2.92. The van der Waals surface area contributed by atoms with Gasteiger partial charge < -0.3 is 5.32 Å². The molecule has 2 heterocycles. The number of hydrogen-bond donors (Lipinski definition) is 1. The van der Waals surface area contributed by atoms with Gasteiger partial charge in [-0.3, -0.25) is 4.79 Å². The van der Waals surface area contributed by atoms with Crippen LogP contribution in [0.3, 0.4) is 0 Å². The highest BCUT2D eigenvalue weighted by atomic mass is 35.5. The third-order valence-corrected chi connectivity index (χ3v) is 3.89. The Kier molecular flexibility index (Phi) is 4.74. The molecule has 1 atom stereocenters. The van der Waals surface area contributed by atoms with E-state index in [1.807, 2.05) is 12.3 Å². The van der Waals surface area contributed by atoms with Gasteiger partial charge in [-0.15, -0.1) is 11.3 Å². The lowest BCUT2D eigenvalue weighted by Gasteiger charge is -2.14. The maximum atomic E-state index is 12.1. The van der Waals surface area contributed by atoms with Gasteiger partial charge in [0.25, 0.3) is 5.91 Å². The third kappa shape index (κ3) is 3.43. The fourth-order valence-corrected chi connectivity index (χ4v) is 2.66. The second-order valence-electron chi connectivity index (χ2n) is 3.77. The zero-order chi connectivity index (χ0) is 13.8. The SMILES string of the molecule is CCC(NC(=O)c1nc(Cl)ccc1Cl)c1nccs1. The van der Waals surface area contributed by atoms with Crippen LogP contribution >= 0.6 is 34.5 Å². The summed E-state index contributed by atoms with van der Waals surface area (Å²) in [6, 6.07) is 2.94. The summed E-state index contributed by atoms with van der Waals surface area (Å²) in [5.41, 5.74) is 0.129. The maximum Gasteiger partial charge on any atom is 0.272 e. The first kappa shape index (κ1) is 14.2. The minimum atomic E-state index is -0.352. The van der Waals surface area contributed by atoms with Gasteiger partial charge >= 0.3 is 0 Å². The lowest BCUT2D eigenvalue weighted by Crippen LogP contribution is -2.29. The second-order valence-corrected chi connectivity index (χ2v) is 5.49. The number of aromatic nitrogens is 2. The molecule has 0 radical (unpaired) electrons. The summed E-state index contributed by atoms with van der Waals surface area (Å²) in [7, 11) is 0. The molecule has 100 valence electrons.